The Morgan fingerprint density at radius 2 is 1.73 bits per heavy atom. The van der Waals surface area contributed by atoms with Crippen molar-refractivity contribution in [3.8, 4) is 0 Å². The van der Waals surface area contributed by atoms with Gasteiger partial charge in [-0.2, -0.15) is 9.97 Å². The van der Waals surface area contributed by atoms with Crippen LogP contribution in [0.15, 0.2) is 30.5 Å². The number of carbonyl (C=O) groups is 3. The van der Waals surface area contributed by atoms with E-state index in [9.17, 15) is 14.4 Å². The number of carboxylic acid groups (broad SMARTS) is 2. The fraction of sp³-hybridized carbons (Fsp3) is 0.211. The summed E-state index contributed by atoms with van der Waals surface area (Å²) < 4.78 is 0. The first-order valence-electron chi connectivity index (χ1n) is 9.37. The van der Waals surface area contributed by atoms with E-state index in [1.54, 1.807) is 12.1 Å². The van der Waals surface area contributed by atoms with E-state index >= 15 is 0 Å². The van der Waals surface area contributed by atoms with Gasteiger partial charge in [-0.05, 0) is 30.7 Å². The molecular weight excluding hydrogens is 443 g/mol. The summed E-state index contributed by atoms with van der Waals surface area (Å²) in [6.07, 6.45) is 0.931. The second-order valence-corrected chi connectivity index (χ2v) is 6.73. The van der Waals surface area contributed by atoms with Gasteiger partial charge < -0.3 is 32.3 Å². The third-order valence-electron chi connectivity index (χ3n) is 4.37. The van der Waals surface area contributed by atoms with Gasteiger partial charge >= 0.3 is 41.5 Å². The minimum atomic E-state index is -1.30. The van der Waals surface area contributed by atoms with Crippen molar-refractivity contribution in [2.75, 3.05) is 16.8 Å². The number of nitrogens with one attached hydrogen (secondary N) is 2. The number of nitrogen functional groups attached to an aromatic ring is 2. The summed E-state index contributed by atoms with van der Waals surface area (Å²) >= 11 is 0. The van der Waals surface area contributed by atoms with Gasteiger partial charge in [0.2, 0.25) is 5.95 Å². The molecular formula is C19H21N8NaO5. The second-order valence-electron chi connectivity index (χ2n) is 6.73. The Morgan fingerprint density at radius 3 is 2.36 bits per heavy atom. The van der Waals surface area contributed by atoms with Crippen molar-refractivity contribution < 1.29 is 24.6 Å². The molecule has 14 heteroatoms. The quantitative estimate of drug-likeness (QED) is 0.223. The van der Waals surface area contributed by atoms with E-state index in [0.29, 0.717) is 23.4 Å². The summed E-state index contributed by atoms with van der Waals surface area (Å²) in [7, 11) is 0. The summed E-state index contributed by atoms with van der Waals surface area (Å²) in [5.74, 6) is -2.93. The second kappa shape index (κ2) is 11.4. The van der Waals surface area contributed by atoms with Crippen molar-refractivity contribution in [3.63, 3.8) is 0 Å². The van der Waals surface area contributed by atoms with Crippen molar-refractivity contribution in [2.45, 2.75) is 25.4 Å². The molecule has 0 saturated carbocycles. The number of benzene rings is 1. The molecule has 1 atom stereocenters. The maximum atomic E-state index is 12.3. The van der Waals surface area contributed by atoms with Crippen LogP contribution >= 0.6 is 0 Å². The molecule has 0 aliphatic heterocycles. The minimum absolute atomic E-state index is 0. The van der Waals surface area contributed by atoms with Gasteiger partial charge in [0.25, 0.3) is 5.91 Å². The average molecular weight is 464 g/mol. The molecule has 0 fully saturated rings. The van der Waals surface area contributed by atoms with Gasteiger partial charge in [0.1, 0.15) is 6.04 Å². The van der Waals surface area contributed by atoms with Gasteiger partial charge in [0.15, 0.2) is 17.0 Å². The van der Waals surface area contributed by atoms with Crippen molar-refractivity contribution in [2.24, 2.45) is 0 Å². The van der Waals surface area contributed by atoms with E-state index in [1.807, 2.05) is 0 Å². The molecule has 3 aromatic rings. The third kappa shape index (κ3) is 6.97. The average Bonchev–Trinajstić information content (AvgIpc) is 2.75. The van der Waals surface area contributed by atoms with Crippen molar-refractivity contribution in [1.82, 2.24) is 25.3 Å². The number of amides is 1. The van der Waals surface area contributed by atoms with Crippen LogP contribution in [0.3, 0.4) is 0 Å². The molecule has 168 valence electrons. The van der Waals surface area contributed by atoms with E-state index < -0.39 is 23.9 Å². The first-order chi connectivity index (χ1) is 15.2. The van der Waals surface area contributed by atoms with E-state index in [4.69, 9.17) is 21.7 Å². The number of carbonyl (C=O) groups excluding carboxylic acids is 1. The van der Waals surface area contributed by atoms with E-state index in [-0.39, 0.29) is 65.4 Å². The van der Waals surface area contributed by atoms with Crippen LogP contribution in [-0.4, -0.2) is 83.6 Å². The molecule has 8 N–H and O–H groups in total. The topological polar surface area (TPSA) is 219 Å². The van der Waals surface area contributed by atoms with Gasteiger partial charge in [0, 0.05) is 17.7 Å². The van der Waals surface area contributed by atoms with Gasteiger partial charge in [-0.1, -0.05) is 0 Å². The summed E-state index contributed by atoms with van der Waals surface area (Å²) in [6, 6.07) is 4.99. The number of rotatable bonds is 9. The molecule has 13 nitrogen and oxygen atoms in total. The molecule has 0 bridgehead atoms. The Kier molecular flexibility index (Phi) is 8.85. The van der Waals surface area contributed by atoms with Crippen molar-refractivity contribution >= 4 is 76.0 Å². The summed E-state index contributed by atoms with van der Waals surface area (Å²) in [6.45, 7) is 0.300. The third-order valence-corrected chi connectivity index (χ3v) is 4.37. The molecule has 0 spiro atoms. The molecule has 1 aromatic carbocycles. The first kappa shape index (κ1) is 25.7. The van der Waals surface area contributed by atoms with Crippen LogP contribution in [0.2, 0.25) is 0 Å². The van der Waals surface area contributed by atoms with E-state index in [0.717, 1.165) is 0 Å². The zero-order valence-electron chi connectivity index (χ0n) is 16.6. The number of hydrogen-bond donors (Lipinski definition) is 6. The van der Waals surface area contributed by atoms with Gasteiger partial charge in [-0.25, -0.2) is 14.8 Å². The van der Waals surface area contributed by atoms with E-state index in [2.05, 4.69) is 30.6 Å². The SMILES string of the molecule is Nc1nc(N)c2nc(CNc3ccc(C(=O)NC(CCC(=O)O)C(=O)O)cc3)cnc2n1.[NaH]. The first-order valence-corrected chi connectivity index (χ1v) is 9.37. The predicted molar refractivity (Wildman–Crippen MR) is 121 cm³/mol. The predicted octanol–water partition coefficient (Wildman–Crippen LogP) is -0.404. The van der Waals surface area contributed by atoms with Crippen LogP contribution in [-0.2, 0) is 16.1 Å². The van der Waals surface area contributed by atoms with Crippen LogP contribution < -0.4 is 22.1 Å². The molecule has 0 aliphatic rings. The van der Waals surface area contributed by atoms with Crippen molar-refractivity contribution in [3.05, 3.63) is 41.7 Å². The van der Waals surface area contributed by atoms with Crippen LogP contribution in [0.25, 0.3) is 11.2 Å². The van der Waals surface area contributed by atoms with Gasteiger partial charge in [0.05, 0.1) is 18.4 Å². The van der Waals surface area contributed by atoms with Crippen LogP contribution in [0, 0.1) is 0 Å². The molecule has 33 heavy (non-hydrogen) atoms. The fourth-order valence-corrected chi connectivity index (χ4v) is 2.77. The summed E-state index contributed by atoms with van der Waals surface area (Å²) in [5.41, 5.74) is 13.4. The zero-order chi connectivity index (χ0) is 23.3. The molecule has 0 aliphatic carbocycles. The summed E-state index contributed by atoms with van der Waals surface area (Å²) in [4.78, 5) is 50.5. The number of fused-ring (bicyclic) bond motifs is 1. The number of hydrogen-bond acceptors (Lipinski definition) is 10. The van der Waals surface area contributed by atoms with Gasteiger partial charge in [-0.3, -0.25) is 9.59 Å². The number of aromatic nitrogens is 4. The van der Waals surface area contributed by atoms with E-state index in [1.165, 1.54) is 18.3 Å². The Bertz CT molecular complexity index is 1170. The Hall–Kier alpha value is -3.55. The Balaban J connectivity index is 0.00000385. The van der Waals surface area contributed by atoms with Crippen LogP contribution in [0.5, 0.6) is 0 Å². The maximum absolute atomic E-state index is 12.3. The molecule has 2 aromatic heterocycles. The van der Waals surface area contributed by atoms with Crippen molar-refractivity contribution in [1.29, 1.82) is 0 Å². The molecule has 1 amide bonds. The standard InChI is InChI=1S/C19H20N8O5.Na.H/c20-15-14-16(27-19(21)26-15)23-8-11(24-14)7-22-10-3-1-9(2-4-10)17(30)25-12(18(31)32)5-6-13(28)29;;/h1-4,8,12,22H,5-7H2,(H,25,30)(H,28,29)(H,31,32)(H4,20,21,23,26,27);;. The molecule has 1 unspecified atom stereocenters. The molecule has 0 radical (unpaired) electrons. The Morgan fingerprint density at radius 1 is 1.03 bits per heavy atom. The Labute approximate surface area is 209 Å². The molecule has 0 saturated heterocycles. The number of carboxylic acids is 2. The van der Waals surface area contributed by atoms with Gasteiger partial charge in [-0.15, -0.1) is 0 Å². The number of anilines is 3. The monoisotopic (exact) mass is 464 g/mol. The number of nitrogens with zero attached hydrogens (tertiary/aromatic N) is 4. The summed E-state index contributed by atoms with van der Waals surface area (Å²) in [5, 5.41) is 23.3. The molecule has 2 heterocycles. The number of nitrogens with two attached hydrogens (primary N) is 2. The fourth-order valence-electron chi connectivity index (χ4n) is 2.77. The number of aliphatic carboxylic acids is 2. The molecule has 3 rings (SSSR count). The normalized spacial score (nSPS) is 11.3. The van der Waals surface area contributed by atoms with Crippen LogP contribution in [0.1, 0.15) is 28.9 Å². The van der Waals surface area contributed by atoms with Crippen LogP contribution in [0.4, 0.5) is 17.5 Å². The zero-order valence-corrected chi connectivity index (χ0v) is 16.6.